The van der Waals surface area contributed by atoms with Gasteiger partial charge in [-0.1, -0.05) is 25.7 Å². The molecule has 0 aliphatic heterocycles. The van der Waals surface area contributed by atoms with E-state index in [-0.39, 0.29) is 18.4 Å². The van der Waals surface area contributed by atoms with Crippen molar-refractivity contribution in [2.75, 3.05) is 11.9 Å². The van der Waals surface area contributed by atoms with E-state index in [0.717, 1.165) is 25.7 Å². The third-order valence-electron chi connectivity index (χ3n) is 3.71. The minimum atomic E-state index is -1.01. The van der Waals surface area contributed by atoms with Crippen LogP contribution in [0.2, 0.25) is 0 Å². The maximum absolute atomic E-state index is 12.2. The van der Waals surface area contributed by atoms with Crippen LogP contribution in [0.3, 0.4) is 0 Å². The fourth-order valence-corrected chi connectivity index (χ4v) is 2.57. The van der Waals surface area contributed by atoms with Crippen LogP contribution < -0.4 is 10.1 Å². The highest BCUT2D eigenvalue weighted by atomic mass is 16.5. The Morgan fingerprint density at radius 1 is 1.10 bits per heavy atom. The van der Waals surface area contributed by atoms with E-state index in [1.54, 1.807) is 24.3 Å². The van der Waals surface area contributed by atoms with E-state index < -0.39 is 5.97 Å². The van der Waals surface area contributed by atoms with Crippen molar-refractivity contribution in [2.45, 2.75) is 38.5 Å². The molecule has 114 valence electrons. The van der Waals surface area contributed by atoms with Crippen molar-refractivity contribution in [3.05, 3.63) is 24.3 Å². The van der Waals surface area contributed by atoms with Crippen molar-refractivity contribution in [1.29, 1.82) is 0 Å². The van der Waals surface area contributed by atoms with E-state index >= 15 is 0 Å². The Labute approximate surface area is 124 Å². The highest BCUT2D eigenvalue weighted by Crippen LogP contribution is 2.24. The van der Waals surface area contributed by atoms with Crippen LogP contribution in [0.5, 0.6) is 5.75 Å². The molecular weight excluding hydrogens is 270 g/mol. The Hall–Kier alpha value is -2.04. The first kappa shape index (κ1) is 15.4. The molecular formula is C16H21NO4. The Morgan fingerprint density at radius 3 is 2.29 bits per heavy atom. The van der Waals surface area contributed by atoms with Crippen LogP contribution in [0.1, 0.15) is 38.5 Å². The van der Waals surface area contributed by atoms with Crippen LogP contribution in [-0.2, 0) is 9.59 Å². The number of hydrogen-bond donors (Lipinski definition) is 2. The van der Waals surface area contributed by atoms with Gasteiger partial charge in [-0.25, -0.2) is 4.79 Å². The molecule has 5 nitrogen and oxygen atoms in total. The number of benzene rings is 1. The number of carboxylic acids is 1. The van der Waals surface area contributed by atoms with Gasteiger partial charge in [-0.2, -0.15) is 0 Å². The summed E-state index contributed by atoms with van der Waals surface area (Å²) in [7, 11) is 0. The molecule has 2 rings (SSSR count). The average molecular weight is 291 g/mol. The molecule has 2 N–H and O–H groups in total. The molecule has 5 heteroatoms. The maximum Gasteiger partial charge on any atom is 0.341 e. The summed E-state index contributed by atoms with van der Waals surface area (Å²) < 4.78 is 5.05. The summed E-state index contributed by atoms with van der Waals surface area (Å²) in [6, 6.07) is 6.77. The van der Waals surface area contributed by atoms with Gasteiger partial charge in [-0.15, -0.1) is 0 Å². The first-order valence-corrected chi connectivity index (χ1v) is 7.40. The van der Waals surface area contributed by atoms with Crippen LogP contribution in [0.15, 0.2) is 24.3 Å². The highest BCUT2D eigenvalue weighted by molar-refractivity contribution is 5.92. The standard InChI is InChI=1S/C16H21NO4/c18-15(19)11-21-14-9-7-13(8-10-14)17-16(20)12-5-3-1-2-4-6-12/h7-10,12H,1-6,11H2,(H,17,20)(H,18,19). The SMILES string of the molecule is O=C(O)COc1ccc(NC(=O)C2CCCCCC2)cc1. The molecule has 0 radical (unpaired) electrons. The third kappa shape index (κ3) is 5.10. The largest absolute Gasteiger partial charge is 0.482 e. The zero-order valence-electron chi connectivity index (χ0n) is 12.0. The molecule has 1 fully saturated rings. The Balaban J connectivity index is 1.87. The minimum Gasteiger partial charge on any atom is -0.482 e. The van der Waals surface area contributed by atoms with E-state index in [2.05, 4.69) is 5.32 Å². The molecule has 0 unspecified atom stereocenters. The summed E-state index contributed by atoms with van der Waals surface area (Å²) in [5.41, 5.74) is 0.715. The number of carbonyl (C=O) groups excluding carboxylic acids is 1. The Bertz CT molecular complexity index is 476. The second kappa shape index (κ2) is 7.67. The van der Waals surface area contributed by atoms with Crippen molar-refractivity contribution < 1.29 is 19.4 Å². The number of anilines is 1. The van der Waals surface area contributed by atoms with Crippen molar-refractivity contribution >= 4 is 17.6 Å². The molecule has 1 saturated carbocycles. The number of ether oxygens (including phenoxy) is 1. The molecule has 1 amide bonds. The third-order valence-corrected chi connectivity index (χ3v) is 3.71. The van der Waals surface area contributed by atoms with Gasteiger partial charge in [0.1, 0.15) is 5.75 Å². The van der Waals surface area contributed by atoms with E-state index in [1.807, 2.05) is 0 Å². The van der Waals surface area contributed by atoms with Gasteiger partial charge in [-0.3, -0.25) is 4.79 Å². The fourth-order valence-electron chi connectivity index (χ4n) is 2.57. The van der Waals surface area contributed by atoms with Crippen molar-refractivity contribution in [3.8, 4) is 5.75 Å². The summed E-state index contributed by atoms with van der Waals surface area (Å²) in [6.45, 7) is -0.367. The molecule has 0 spiro atoms. The average Bonchev–Trinajstić information content (AvgIpc) is 2.75. The lowest BCUT2D eigenvalue weighted by Gasteiger charge is -2.14. The summed E-state index contributed by atoms with van der Waals surface area (Å²) in [5, 5.41) is 11.5. The van der Waals surface area contributed by atoms with Crippen molar-refractivity contribution in [1.82, 2.24) is 0 Å². The summed E-state index contributed by atoms with van der Waals surface area (Å²) >= 11 is 0. The molecule has 0 heterocycles. The van der Waals surface area contributed by atoms with Gasteiger partial charge in [0.2, 0.25) is 5.91 Å². The number of amides is 1. The number of nitrogens with one attached hydrogen (secondary N) is 1. The van der Waals surface area contributed by atoms with Gasteiger partial charge in [0.05, 0.1) is 0 Å². The molecule has 1 aliphatic carbocycles. The van der Waals surface area contributed by atoms with Gasteiger partial charge >= 0.3 is 5.97 Å². The maximum atomic E-state index is 12.2. The topological polar surface area (TPSA) is 75.6 Å². The van der Waals surface area contributed by atoms with Gasteiger partial charge in [0, 0.05) is 11.6 Å². The van der Waals surface area contributed by atoms with Crippen LogP contribution in [0, 0.1) is 5.92 Å². The Kier molecular flexibility index (Phi) is 5.60. The number of carboxylic acid groups (broad SMARTS) is 1. The summed E-state index contributed by atoms with van der Waals surface area (Å²) in [5.74, 6) is -0.350. The number of aliphatic carboxylic acids is 1. The van der Waals surface area contributed by atoms with Gasteiger partial charge in [-0.05, 0) is 37.1 Å². The highest BCUT2D eigenvalue weighted by Gasteiger charge is 2.19. The molecule has 1 aliphatic rings. The molecule has 0 aromatic heterocycles. The quantitative estimate of drug-likeness (QED) is 0.817. The molecule has 0 saturated heterocycles. The molecule has 0 bridgehead atoms. The zero-order chi connectivity index (χ0) is 15.1. The van der Waals surface area contributed by atoms with E-state index in [0.29, 0.717) is 11.4 Å². The second-order valence-electron chi connectivity index (χ2n) is 5.38. The second-order valence-corrected chi connectivity index (χ2v) is 5.38. The Morgan fingerprint density at radius 2 is 1.71 bits per heavy atom. The molecule has 21 heavy (non-hydrogen) atoms. The number of rotatable bonds is 5. The van der Waals surface area contributed by atoms with Crippen molar-refractivity contribution in [3.63, 3.8) is 0 Å². The minimum absolute atomic E-state index is 0.0797. The van der Waals surface area contributed by atoms with E-state index in [1.165, 1.54) is 12.8 Å². The predicted octanol–water partition coefficient (Wildman–Crippen LogP) is 3.06. The summed E-state index contributed by atoms with van der Waals surface area (Å²) in [6.07, 6.45) is 6.62. The molecule has 0 atom stereocenters. The lowest BCUT2D eigenvalue weighted by molar-refractivity contribution is -0.139. The van der Waals surface area contributed by atoms with E-state index in [9.17, 15) is 9.59 Å². The lowest BCUT2D eigenvalue weighted by atomic mass is 9.99. The predicted molar refractivity (Wildman–Crippen MR) is 79.4 cm³/mol. The lowest BCUT2D eigenvalue weighted by Crippen LogP contribution is -2.22. The summed E-state index contributed by atoms with van der Waals surface area (Å²) in [4.78, 5) is 22.6. The number of hydrogen-bond acceptors (Lipinski definition) is 3. The first-order chi connectivity index (χ1) is 10.1. The van der Waals surface area contributed by atoms with Crippen molar-refractivity contribution in [2.24, 2.45) is 5.92 Å². The molecule has 1 aromatic carbocycles. The van der Waals surface area contributed by atoms with Crippen LogP contribution in [-0.4, -0.2) is 23.6 Å². The van der Waals surface area contributed by atoms with Crippen LogP contribution >= 0.6 is 0 Å². The molecule has 1 aromatic rings. The van der Waals surface area contributed by atoms with Gasteiger partial charge in [0.25, 0.3) is 0 Å². The monoisotopic (exact) mass is 291 g/mol. The van der Waals surface area contributed by atoms with Gasteiger partial charge in [0.15, 0.2) is 6.61 Å². The zero-order valence-corrected chi connectivity index (χ0v) is 12.0. The smallest absolute Gasteiger partial charge is 0.341 e. The first-order valence-electron chi connectivity index (χ1n) is 7.40. The van der Waals surface area contributed by atoms with Gasteiger partial charge < -0.3 is 15.2 Å². The van der Waals surface area contributed by atoms with E-state index in [4.69, 9.17) is 9.84 Å². The van der Waals surface area contributed by atoms with Crippen LogP contribution in [0.4, 0.5) is 5.69 Å². The number of carbonyl (C=O) groups is 2. The van der Waals surface area contributed by atoms with Crippen LogP contribution in [0.25, 0.3) is 0 Å². The fraction of sp³-hybridized carbons (Fsp3) is 0.500. The normalized spacial score (nSPS) is 16.0.